The van der Waals surface area contributed by atoms with Crippen LogP contribution < -0.4 is 10.2 Å². The summed E-state index contributed by atoms with van der Waals surface area (Å²) in [5.74, 6) is 1.90. The van der Waals surface area contributed by atoms with Crippen molar-refractivity contribution >= 4 is 27.6 Å². The minimum Gasteiger partial charge on any atom is -0.372 e. The van der Waals surface area contributed by atoms with Gasteiger partial charge in [0.15, 0.2) is 0 Å². The van der Waals surface area contributed by atoms with Crippen LogP contribution in [-0.4, -0.2) is 29.6 Å². The molecule has 1 fully saturated rings. The van der Waals surface area contributed by atoms with Crippen LogP contribution in [0, 0.1) is 0 Å². The largest absolute Gasteiger partial charge is 0.372 e. The van der Waals surface area contributed by atoms with E-state index in [2.05, 4.69) is 43.0 Å². The van der Waals surface area contributed by atoms with Crippen molar-refractivity contribution in [2.75, 3.05) is 23.8 Å². The van der Waals surface area contributed by atoms with E-state index in [9.17, 15) is 0 Å². The molecule has 0 saturated carbocycles. The fourth-order valence-electron chi connectivity index (χ4n) is 2.65. The van der Waals surface area contributed by atoms with Crippen LogP contribution in [0.5, 0.6) is 0 Å². The smallest absolute Gasteiger partial charge is 0.148 e. The van der Waals surface area contributed by atoms with Crippen molar-refractivity contribution in [3.8, 4) is 0 Å². The zero-order valence-corrected chi connectivity index (χ0v) is 12.7. The molecule has 1 saturated heterocycles. The molecule has 4 nitrogen and oxygen atoms in total. The van der Waals surface area contributed by atoms with E-state index in [1.54, 1.807) is 6.33 Å². The Hall–Kier alpha value is -0.840. The van der Waals surface area contributed by atoms with Gasteiger partial charge in [-0.25, -0.2) is 9.97 Å². The molecule has 100 valence electrons. The summed E-state index contributed by atoms with van der Waals surface area (Å²) in [5.41, 5.74) is 0. The third-order valence-electron chi connectivity index (χ3n) is 3.53. The molecule has 2 rings (SSSR count). The van der Waals surface area contributed by atoms with Gasteiger partial charge < -0.3 is 10.2 Å². The molecular formula is C13H21BrN4. The SMILES string of the molecule is CCCC1CCCCN1c1ncnc(NC)c1Br. The van der Waals surface area contributed by atoms with E-state index in [0.29, 0.717) is 6.04 Å². The number of hydrogen-bond donors (Lipinski definition) is 1. The number of nitrogens with one attached hydrogen (secondary N) is 1. The topological polar surface area (TPSA) is 41.1 Å². The molecule has 1 atom stereocenters. The lowest BCUT2D eigenvalue weighted by molar-refractivity contribution is 0.431. The maximum absolute atomic E-state index is 4.47. The molecule has 1 aliphatic heterocycles. The summed E-state index contributed by atoms with van der Waals surface area (Å²) in [6.07, 6.45) is 7.98. The van der Waals surface area contributed by atoms with E-state index in [1.165, 1.54) is 32.1 Å². The van der Waals surface area contributed by atoms with Crippen LogP contribution in [0.2, 0.25) is 0 Å². The summed E-state index contributed by atoms with van der Waals surface area (Å²) in [6, 6.07) is 0.625. The first kappa shape index (κ1) is 13.6. The molecule has 1 aliphatic rings. The predicted octanol–water partition coefficient (Wildman–Crippen LogP) is 3.44. The Balaban J connectivity index is 2.27. The van der Waals surface area contributed by atoms with E-state index in [-0.39, 0.29) is 0 Å². The van der Waals surface area contributed by atoms with Crippen LogP contribution in [0.25, 0.3) is 0 Å². The highest BCUT2D eigenvalue weighted by Gasteiger charge is 2.25. The molecule has 1 N–H and O–H groups in total. The Kier molecular flexibility index (Phi) is 4.80. The van der Waals surface area contributed by atoms with Gasteiger partial charge in [0, 0.05) is 19.6 Å². The van der Waals surface area contributed by atoms with E-state index < -0.39 is 0 Å². The van der Waals surface area contributed by atoms with Gasteiger partial charge in [0.05, 0.1) is 0 Å². The number of piperidine rings is 1. The summed E-state index contributed by atoms with van der Waals surface area (Å²) in [4.78, 5) is 11.1. The van der Waals surface area contributed by atoms with Gasteiger partial charge in [-0.05, 0) is 41.6 Å². The second-order valence-electron chi connectivity index (χ2n) is 4.74. The Labute approximate surface area is 117 Å². The standard InChI is InChI=1S/C13H21BrN4/c1-3-6-10-7-4-5-8-18(10)13-11(14)12(15-2)16-9-17-13/h9-10H,3-8H2,1-2H3,(H,15,16,17). The molecule has 0 amide bonds. The number of hydrogen-bond acceptors (Lipinski definition) is 4. The van der Waals surface area contributed by atoms with Crippen LogP contribution in [0.15, 0.2) is 10.8 Å². The van der Waals surface area contributed by atoms with Crippen LogP contribution in [0.3, 0.4) is 0 Å². The van der Waals surface area contributed by atoms with Crippen LogP contribution in [0.1, 0.15) is 39.0 Å². The van der Waals surface area contributed by atoms with E-state index in [4.69, 9.17) is 0 Å². The number of anilines is 2. The van der Waals surface area contributed by atoms with Crippen molar-refractivity contribution in [3.63, 3.8) is 0 Å². The molecule has 0 spiro atoms. The van der Waals surface area contributed by atoms with Crippen molar-refractivity contribution in [3.05, 3.63) is 10.8 Å². The molecule has 1 aromatic rings. The predicted molar refractivity (Wildman–Crippen MR) is 79.2 cm³/mol. The van der Waals surface area contributed by atoms with Crippen molar-refractivity contribution in [2.45, 2.75) is 45.1 Å². The van der Waals surface area contributed by atoms with Gasteiger partial charge in [0.25, 0.3) is 0 Å². The number of aromatic nitrogens is 2. The van der Waals surface area contributed by atoms with Crippen molar-refractivity contribution in [1.29, 1.82) is 0 Å². The fourth-order valence-corrected chi connectivity index (χ4v) is 3.28. The normalized spacial score (nSPS) is 19.9. The third kappa shape index (κ3) is 2.76. The average Bonchev–Trinajstić information content (AvgIpc) is 2.40. The molecular weight excluding hydrogens is 292 g/mol. The monoisotopic (exact) mass is 312 g/mol. The minimum absolute atomic E-state index is 0.625. The lowest BCUT2D eigenvalue weighted by Gasteiger charge is -2.37. The van der Waals surface area contributed by atoms with Gasteiger partial charge in [-0.2, -0.15) is 0 Å². The summed E-state index contributed by atoms with van der Waals surface area (Å²) < 4.78 is 0.982. The van der Waals surface area contributed by atoms with E-state index in [1.807, 2.05) is 7.05 Å². The Bertz CT molecular complexity index is 395. The quantitative estimate of drug-likeness (QED) is 0.924. The Morgan fingerprint density at radius 1 is 1.44 bits per heavy atom. The number of rotatable bonds is 4. The first-order chi connectivity index (χ1) is 8.77. The molecule has 0 radical (unpaired) electrons. The zero-order valence-electron chi connectivity index (χ0n) is 11.1. The number of halogens is 1. The summed E-state index contributed by atoms with van der Waals surface area (Å²) in [6.45, 7) is 3.35. The molecule has 0 bridgehead atoms. The molecule has 0 aliphatic carbocycles. The summed E-state index contributed by atoms with van der Waals surface area (Å²) in [5, 5.41) is 3.10. The highest BCUT2D eigenvalue weighted by Crippen LogP contribution is 2.34. The summed E-state index contributed by atoms with van der Waals surface area (Å²) >= 11 is 3.63. The van der Waals surface area contributed by atoms with Gasteiger partial charge in [0.1, 0.15) is 22.4 Å². The van der Waals surface area contributed by atoms with Crippen LogP contribution >= 0.6 is 15.9 Å². The minimum atomic E-state index is 0.625. The molecule has 5 heteroatoms. The molecule has 18 heavy (non-hydrogen) atoms. The van der Waals surface area contributed by atoms with Crippen molar-refractivity contribution in [1.82, 2.24) is 9.97 Å². The second-order valence-corrected chi connectivity index (χ2v) is 5.53. The van der Waals surface area contributed by atoms with Crippen LogP contribution in [-0.2, 0) is 0 Å². The lowest BCUT2D eigenvalue weighted by Crippen LogP contribution is -2.40. The number of nitrogens with zero attached hydrogens (tertiary/aromatic N) is 3. The first-order valence-corrected chi connectivity index (χ1v) is 7.52. The fraction of sp³-hybridized carbons (Fsp3) is 0.692. The lowest BCUT2D eigenvalue weighted by atomic mass is 9.98. The highest BCUT2D eigenvalue weighted by atomic mass is 79.9. The molecule has 1 unspecified atom stereocenters. The van der Waals surface area contributed by atoms with E-state index in [0.717, 1.165) is 22.7 Å². The van der Waals surface area contributed by atoms with Crippen molar-refractivity contribution in [2.24, 2.45) is 0 Å². The highest BCUT2D eigenvalue weighted by molar-refractivity contribution is 9.10. The Morgan fingerprint density at radius 2 is 2.28 bits per heavy atom. The summed E-state index contributed by atoms with van der Waals surface area (Å²) in [7, 11) is 1.89. The molecule has 1 aromatic heterocycles. The molecule has 2 heterocycles. The van der Waals surface area contributed by atoms with Gasteiger partial charge in [-0.1, -0.05) is 13.3 Å². The zero-order chi connectivity index (χ0) is 13.0. The average molecular weight is 313 g/mol. The maximum atomic E-state index is 4.47. The first-order valence-electron chi connectivity index (χ1n) is 6.72. The Morgan fingerprint density at radius 3 is 3.00 bits per heavy atom. The molecule has 0 aromatic carbocycles. The van der Waals surface area contributed by atoms with Crippen molar-refractivity contribution < 1.29 is 0 Å². The second kappa shape index (κ2) is 6.36. The third-order valence-corrected chi connectivity index (χ3v) is 4.26. The van der Waals surface area contributed by atoms with Gasteiger partial charge in [0.2, 0.25) is 0 Å². The van der Waals surface area contributed by atoms with Crippen LogP contribution in [0.4, 0.5) is 11.6 Å². The van der Waals surface area contributed by atoms with Gasteiger partial charge in [-0.15, -0.1) is 0 Å². The maximum Gasteiger partial charge on any atom is 0.148 e. The van der Waals surface area contributed by atoms with Gasteiger partial charge in [-0.3, -0.25) is 0 Å². The van der Waals surface area contributed by atoms with Gasteiger partial charge >= 0.3 is 0 Å². The van der Waals surface area contributed by atoms with E-state index >= 15 is 0 Å².